The molecule has 0 rings (SSSR count). The van der Waals surface area contributed by atoms with E-state index in [1.54, 1.807) is 0 Å². The van der Waals surface area contributed by atoms with E-state index in [1.165, 1.54) is 135 Å². The Morgan fingerprint density at radius 3 is 0.942 bits per heavy atom. The lowest BCUT2D eigenvalue weighted by molar-refractivity contribution is -0.167. The summed E-state index contributed by atoms with van der Waals surface area (Å²) in [6.07, 6.45) is 36.6. The van der Waals surface area contributed by atoms with Crippen LogP contribution >= 0.6 is 0 Å². The molecule has 0 saturated heterocycles. The molecule has 52 heavy (non-hydrogen) atoms. The Kier molecular flexibility index (Phi) is 37.9. The van der Waals surface area contributed by atoms with Crippen molar-refractivity contribution in [3.8, 4) is 0 Å². The summed E-state index contributed by atoms with van der Waals surface area (Å²) in [7, 11) is 0. The van der Waals surface area contributed by atoms with Gasteiger partial charge in [-0.2, -0.15) is 0 Å². The average molecular weight is 737 g/mol. The van der Waals surface area contributed by atoms with Gasteiger partial charge < -0.3 is 14.2 Å². The third kappa shape index (κ3) is 39.6. The summed E-state index contributed by atoms with van der Waals surface area (Å²) in [5, 5.41) is 0. The number of rotatable bonds is 40. The minimum atomic E-state index is -0.760. The monoisotopic (exact) mass is 737 g/mol. The van der Waals surface area contributed by atoms with Crippen molar-refractivity contribution in [3.63, 3.8) is 0 Å². The molecule has 0 bridgehead atoms. The number of unbranched alkanes of at least 4 members (excludes halogenated alkanes) is 25. The molecule has 0 fully saturated rings. The summed E-state index contributed by atoms with van der Waals surface area (Å²) in [5.74, 6) is 0.764. The normalized spacial score (nSPS) is 12.1. The van der Waals surface area contributed by atoms with E-state index in [-0.39, 0.29) is 31.1 Å². The maximum atomic E-state index is 12.7. The van der Waals surface area contributed by atoms with Crippen LogP contribution in [0.1, 0.15) is 247 Å². The Morgan fingerprint density at radius 2 is 0.635 bits per heavy atom. The molecule has 6 heteroatoms. The van der Waals surface area contributed by atoms with E-state index in [1.807, 2.05) is 0 Å². The second kappa shape index (κ2) is 39.1. The topological polar surface area (TPSA) is 78.9 Å². The Morgan fingerprint density at radius 1 is 0.365 bits per heavy atom. The smallest absolute Gasteiger partial charge is 0.306 e. The SMILES string of the molecule is CCCCCCCCCCCC(=O)OC[C@@H](COC(=O)CCCCCCCCCCCCC(C)C)OC(=O)CCCCCCCCCCCC(C)C. The van der Waals surface area contributed by atoms with Crippen LogP contribution in [0.4, 0.5) is 0 Å². The van der Waals surface area contributed by atoms with Crippen LogP contribution in [0.3, 0.4) is 0 Å². The summed E-state index contributed by atoms with van der Waals surface area (Å²) >= 11 is 0. The Balaban J connectivity index is 4.32. The van der Waals surface area contributed by atoms with Gasteiger partial charge >= 0.3 is 17.9 Å². The maximum absolute atomic E-state index is 12.7. The van der Waals surface area contributed by atoms with E-state index >= 15 is 0 Å². The number of carbonyl (C=O) groups is 3. The quantitative estimate of drug-likeness (QED) is 0.0354. The maximum Gasteiger partial charge on any atom is 0.306 e. The van der Waals surface area contributed by atoms with Crippen molar-refractivity contribution in [2.45, 2.75) is 253 Å². The van der Waals surface area contributed by atoms with Crippen LogP contribution in [-0.4, -0.2) is 37.2 Å². The lowest BCUT2D eigenvalue weighted by Crippen LogP contribution is -2.30. The molecule has 0 amide bonds. The highest BCUT2D eigenvalue weighted by atomic mass is 16.6. The number of ether oxygens (including phenoxy) is 3. The van der Waals surface area contributed by atoms with Crippen molar-refractivity contribution < 1.29 is 28.6 Å². The van der Waals surface area contributed by atoms with Gasteiger partial charge in [0.15, 0.2) is 6.10 Å². The van der Waals surface area contributed by atoms with E-state index in [9.17, 15) is 14.4 Å². The van der Waals surface area contributed by atoms with Crippen LogP contribution in [0.15, 0.2) is 0 Å². The van der Waals surface area contributed by atoms with Gasteiger partial charge in [0.05, 0.1) is 0 Å². The summed E-state index contributed by atoms with van der Waals surface area (Å²) in [6.45, 7) is 11.3. The van der Waals surface area contributed by atoms with Crippen molar-refractivity contribution in [1.82, 2.24) is 0 Å². The lowest BCUT2D eigenvalue weighted by atomic mass is 10.0. The van der Waals surface area contributed by atoms with Gasteiger partial charge in [0, 0.05) is 19.3 Å². The van der Waals surface area contributed by atoms with Gasteiger partial charge in [-0.3, -0.25) is 14.4 Å². The fourth-order valence-corrected chi connectivity index (χ4v) is 6.75. The van der Waals surface area contributed by atoms with Crippen LogP contribution in [0.25, 0.3) is 0 Å². The molecular weight excluding hydrogens is 649 g/mol. The Hall–Kier alpha value is -1.59. The first kappa shape index (κ1) is 50.4. The zero-order chi connectivity index (χ0) is 38.3. The van der Waals surface area contributed by atoms with E-state index < -0.39 is 6.10 Å². The first-order valence-corrected chi connectivity index (χ1v) is 22.7. The summed E-state index contributed by atoms with van der Waals surface area (Å²) in [5.41, 5.74) is 0. The molecule has 0 aromatic heterocycles. The van der Waals surface area contributed by atoms with E-state index in [0.717, 1.165) is 69.6 Å². The molecule has 308 valence electrons. The van der Waals surface area contributed by atoms with Crippen molar-refractivity contribution in [2.75, 3.05) is 13.2 Å². The molecular formula is C46H88O6. The zero-order valence-electron chi connectivity index (χ0n) is 35.4. The van der Waals surface area contributed by atoms with Crippen LogP contribution in [0.2, 0.25) is 0 Å². The van der Waals surface area contributed by atoms with Crippen LogP contribution in [-0.2, 0) is 28.6 Å². The third-order valence-electron chi connectivity index (χ3n) is 10.2. The minimum absolute atomic E-state index is 0.0653. The van der Waals surface area contributed by atoms with Gasteiger partial charge in [-0.05, 0) is 31.1 Å². The van der Waals surface area contributed by atoms with Crippen LogP contribution in [0.5, 0.6) is 0 Å². The minimum Gasteiger partial charge on any atom is -0.462 e. The largest absolute Gasteiger partial charge is 0.462 e. The Bertz CT molecular complexity index is 794. The number of carbonyl (C=O) groups excluding carboxylic acids is 3. The average Bonchev–Trinajstić information content (AvgIpc) is 3.11. The van der Waals surface area contributed by atoms with E-state index in [0.29, 0.717) is 19.3 Å². The first-order chi connectivity index (χ1) is 25.2. The predicted molar refractivity (Wildman–Crippen MR) is 220 cm³/mol. The summed E-state index contributed by atoms with van der Waals surface area (Å²) in [6, 6.07) is 0. The number of hydrogen-bond donors (Lipinski definition) is 0. The highest BCUT2D eigenvalue weighted by Gasteiger charge is 2.19. The third-order valence-corrected chi connectivity index (χ3v) is 10.2. The van der Waals surface area contributed by atoms with Gasteiger partial charge in [-0.15, -0.1) is 0 Å². The van der Waals surface area contributed by atoms with Gasteiger partial charge in [-0.1, -0.05) is 208 Å². The molecule has 0 saturated carbocycles. The first-order valence-electron chi connectivity index (χ1n) is 22.7. The Labute approximate surface area is 323 Å². The fraction of sp³-hybridized carbons (Fsp3) is 0.935. The molecule has 0 unspecified atom stereocenters. The second-order valence-electron chi connectivity index (χ2n) is 16.6. The van der Waals surface area contributed by atoms with E-state index in [4.69, 9.17) is 14.2 Å². The van der Waals surface area contributed by atoms with Crippen molar-refractivity contribution >= 4 is 17.9 Å². The highest BCUT2D eigenvalue weighted by molar-refractivity contribution is 5.71. The van der Waals surface area contributed by atoms with Gasteiger partial charge in [-0.25, -0.2) is 0 Å². The van der Waals surface area contributed by atoms with Crippen LogP contribution < -0.4 is 0 Å². The molecule has 0 aliphatic rings. The predicted octanol–water partition coefficient (Wildman–Crippen LogP) is 14.2. The number of hydrogen-bond acceptors (Lipinski definition) is 6. The molecule has 0 aromatic rings. The van der Waals surface area contributed by atoms with E-state index in [2.05, 4.69) is 34.6 Å². The number of esters is 3. The molecule has 0 aliphatic carbocycles. The highest BCUT2D eigenvalue weighted by Crippen LogP contribution is 2.16. The molecule has 0 aliphatic heterocycles. The fourth-order valence-electron chi connectivity index (χ4n) is 6.75. The summed E-state index contributed by atoms with van der Waals surface area (Å²) < 4.78 is 16.7. The molecule has 0 radical (unpaired) electrons. The molecule has 1 atom stereocenters. The molecule has 0 spiro atoms. The van der Waals surface area contributed by atoms with Gasteiger partial charge in [0.25, 0.3) is 0 Å². The lowest BCUT2D eigenvalue weighted by Gasteiger charge is -2.18. The van der Waals surface area contributed by atoms with Crippen LogP contribution in [0, 0.1) is 11.8 Å². The molecule has 6 nitrogen and oxygen atoms in total. The van der Waals surface area contributed by atoms with Gasteiger partial charge in [0.1, 0.15) is 13.2 Å². The molecule has 0 N–H and O–H groups in total. The van der Waals surface area contributed by atoms with Crippen molar-refractivity contribution in [1.29, 1.82) is 0 Å². The zero-order valence-corrected chi connectivity index (χ0v) is 35.4. The van der Waals surface area contributed by atoms with Crippen molar-refractivity contribution in [2.24, 2.45) is 11.8 Å². The molecule has 0 aromatic carbocycles. The van der Waals surface area contributed by atoms with Gasteiger partial charge in [0.2, 0.25) is 0 Å². The standard InChI is InChI=1S/C46H88O6/c1-6-7-8-9-10-14-21-26-31-36-44(47)50-39-43(52-46(49)38-33-28-23-18-13-16-20-25-30-35-42(4)5)40-51-45(48)37-32-27-22-17-12-11-15-19-24-29-34-41(2)3/h41-43H,6-40H2,1-5H3/t43-/m0/s1. The second-order valence-corrected chi connectivity index (χ2v) is 16.6. The van der Waals surface area contributed by atoms with Crippen molar-refractivity contribution in [3.05, 3.63) is 0 Å². The molecule has 0 heterocycles. The summed E-state index contributed by atoms with van der Waals surface area (Å²) in [4.78, 5) is 37.6.